The number of nitrogens with zero attached hydrogens (tertiary/aromatic N) is 2. The number of imide groups is 1. The monoisotopic (exact) mass is 312 g/mol. The van der Waals surface area contributed by atoms with E-state index in [1.165, 1.54) is 6.07 Å². The van der Waals surface area contributed by atoms with Crippen LogP contribution in [-0.2, 0) is 16.1 Å². The fraction of sp³-hybridized carbons (Fsp3) is 0.357. The summed E-state index contributed by atoms with van der Waals surface area (Å²) in [5, 5.41) is 1.16. The fourth-order valence-electron chi connectivity index (χ4n) is 2.73. The molecule has 0 radical (unpaired) electrons. The van der Waals surface area contributed by atoms with Gasteiger partial charge in [0.25, 0.3) is 11.8 Å². The zero-order chi connectivity index (χ0) is 16.1. The van der Waals surface area contributed by atoms with E-state index >= 15 is 0 Å². The first-order chi connectivity index (χ1) is 10.3. The Morgan fingerprint density at radius 1 is 1.09 bits per heavy atom. The van der Waals surface area contributed by atoms with Crippen LogP contribution in [0.4, 0.5) is 13.2 Å². The second-order valence-corrected chi connectivity index (χ2v) is 5.20. The summed E-state index contributed by atoms with van der Waals surface area (Å²) in [5.41, 5.74) is 0.861. The molecule has 0 saturated carbocycles. The van der Waals surface area contributed by atoms with Crippen LogP contribution in [0.25, 0.3) is 0 Å². The van der Waals surface area contributed by atoms with Gasteiger partial charge in [-0.05, 0) is 18.1 Å². The lowest BCUT2D eigenvalue weighted by molar-refractivity contribution is -0.205. The molecule has 0 aromatic heterocycles. The largest absolute Gasteiger partial charge is 0.400 e. The van der Waals surface area contributed by atoms with Crippen LogP contribution in [0, 0.1) is 5.92 Å². The van der Waals surface area contributed by atoms with E-state index in [1.807, 2.05) is 0 Å². The summed E-state index contributed by atoms with van der Waals surface area (Å²) in [6.45, 7) is -0.0862. The molecule has 2 aliphatic heterocycles. The molecule has 1 fully saturated rings. The van der Waals surface area contributed by atoms with Crippen molar-refractivity contribution < 1.29 is 27.6 Å². The zero-order valence-corrected chi connectivity index (χ0v) is 11.3. The van der Waals surface area contributed by atoms with Crippen LogP contribution in [0.3, 0.4) is 0 Å². The molecule has 116 valence electrons. The topological polar surface area (TPSA) is 57.7 Å². The molecule has 0 aliphatic carbocycles. The minimum Gasteiger partial charge on any atom is -0.273 e. The molecule has 1 unspecified atom stereocenters. The highest BCUT2D eigenvalue weighted by molar-refractivity contribution is 6.05. The number of carbonyl (C=O) groups excluding carboxylic acids is 3. The number of benzene rings is 1. The number of hydrazine groups is 1. The molecule has 1 aromatic rings. The number of piperidine rings is 1. The van der Waals surface area contributed by atoms with Gasteiger partial charge in [-0.2, -0.15) is 18.2 Å². The van der Waals surface area contributed by atoms with E-state index in [0.29, 0.717) is 10.6 Å². The molecule has 3 amide bonds. The highest BCUT2D eigenvalue weighted by Crippen LogP contribution is 2.36. The first kappa shape index (κ1) is 14.6. The smallest absolute Gasteiger partial charge is 0.273 e. The van der Waals surface area contributed by atoms with E-state index in [1.54, 1.807) is 18.2 Å². The van der Waals surface area contributed by atoms with Crippen molar-refractivity contribution in [3.8, 4) is 0 Å². The summed E-state index contributed by atoms with van der Waals surface area (Å²) in [6.07, 6.45) is -5.73. The quantitative estimate of drug-likeness (QED) is 0.744. The third kappa shape index (κ3) is 2.15. The van der Waals surface area contributed by atoms with Crippen molar-refractivity contribution in [2.75, 3.05) is 0 Å². The highest BCUT2D eigenvalue weighted by atomic mass is 19.4. The van der Waals surface area contributed by atoms with Crippen molar-refractivity contribution in [3.05, 3.63) is 35.4 Å². The summed E-state index contributed by atoms with van der Waals surface area (Å²) in [4.78, 5) is 36.2. The maximum absolute atomic E-state index is 12.9. The van der Waals surface area contributed by atoms with E-state index in [2.05, 4.69) is 0 Å². The van der Waals surface area contributed by atoms with Crippen LogP contribution in [0.1, 0.15) is 28.8 Å². The van der Waals surface area contributed by atoms with Crippen molar-refractivity contribution in [1.29, 1.82) is 0 Å². The number of amides is 3. The van der Waals surface area contributed by atoms with Crippen molar-refractivity contribution in [2.45, 2.75) is 25.6 Å². The molecule has 2 heterocycles. The predicted octanol–water partition coefficient (Wildman–Crippen LogP) is 1.88. The van der Waals surface area contributed by atoms with Crippen LogP contribution < -0.4 is 0 Å². The predicted molar refractivity (Wildman–Crippen MR) is 66.9 cm³/mol. The maximum atomic E-state index is 12.9. The Hall–Kier alpha value is -2.38. The molecule has 1 saturated heterocycles. The van der Waals surface area contributed by atoms with Crippen molar-refractivity contribution in [2.24, 2.45) is 5.92 Å². The van der Waals surface area contributed by atoms with Crippen molar-refractivity contribution >= 4 is 17.7 Å². The SMILES string of the molecule is O=C1c2ccccc2CN1N1C(=O)CCC(C(F)(F)F)C1=O. The van der Waals surface area contributed by atoms with E-state index in [0.717, 1.165) is 5.01 Å². The molecule has 0 bridgehead atoms. The average molecular weight is 312 g/mol. The van der Waals surface area contributed by atoms with Crippen LogP contribution in [0.5, 0.6) is 0 Å². The van der Waals surface area contributed by atoms with Gasteiger partial charge in [-0.25, -0.2) is 5.01 Å². The van der Waals surface area contributed by atoms with Gasteiger partial charge in [0.05, 0.1) is 6.54 Å². The molecule has 2 aliphatic rings. The Balaban J connectivity index is 1.93. The van der Waals surface area contributed by atoms with Crippen molar-refractivity contribution in [1.82, 2.24) is 10.0 Å². The Morgan fingerprint density at radius 3 is 2.41 bits per heavy atom. The van der Waals surface area contributed by atoms with Crippen LogP contribution in [0.2, 0.25) is 0 Å². The first-order valence-corrected chi connectivity index (χ1v) is 6.64. The molecule has 3 rings (SSSR count). The normalized spacial score (nSPS) is 22.3. The third-order valence-corrected chi connectivity index (χ3v) is 3.83. The summed E-state index contributed by atoms with van der Waals surface area (Å²) in [5.74, 6) is -5.06. The first-order valence-electron chi connectivity index (χ1n) is 6.64. The Labute approximate surface area is 123 Å². The summed E-state index contributed by atoms with van der Waals surface area (Å²) in [6, 6.07) is 6.43. The molecule has 22 heavy (non-hydrogen) atoms. The molecular weight excluding hydrogens is 301 g/mol. The van der Waals surface area contributed by atoms with Gasteiger partial charge in [-0.1, -0.05) is 18.2 Å². The summed E-state index contributed by atoms with van der Waals surface area (Å²) >= 11 is 0. The van der Waals surface area contributed by atoms with Crippen molar-refractivity contribution in [3.63, 3.8) is 0 Å². The van der Waals surface area contributed by atoms with E-state index in [4.69, 9.17) is 0 Å². The molecule has 0 N–H and O–H groups in total. The van der Waals surface area contributed by atoms with Gasteiger partial charge in [0.1, 0.15) is 5.92 Å². The molecule has 1 atom stereocenters. The van der Waals surface area contributed by atoms with Gasteiger partial charge in [-0.3, -0.25) is 14.4 Å². The summed E-state index contributed by atoms with van der Waals surface area (Å²) < 4.78 is 38.6. The van der Waals surface area contributed by atoms with Gasteiger partial charge in [0.2, 0.25) is 5.91 Å². The minimum absolute atomic E-state index is 0.0862. The Bertz CT molecular complexity index is 672. The lowest BCUT2D eigenvalue weighted by atomic mass is 9.97. The Kier molecular flexibility index (Phi) is 3.19. The fourth-order valence-corrected chi connectivity index (χ4v) is 2.73. The molecule has 8 heteroatoms. The number of alkyl halides is 3. The zero-order valence-electron chi connectivity index (χ0n) is 11.3. The number of halogens is 3. The van der Waals surface area contributed by atoms with Crippen LogP contribution in [-0.4, -0.2) is 33.9 Å². The third-order valence-electron chi connectivity index (χ3n) is 3.83. The lowest BCUT2D eigenvalue weighted by Gasteiger charge is -2.36. The second-order valence-electron chi connectivity index (χ2n) is 5.20. The minimum atomic E-state index is -4.73. The van der Waals surface area contributed by atoms with E-state index in [-0.39, 0.29) is 12.1 Å². The molecule has 5 nitrogen and oxygen atoms in total. The number of hydrogen-bond acceptors (Lipinski definition) is 3. The number of carbonyl (C=O) groups is 3. The number of fused-ring (bicyclic) bond motifs is 1. The van der Waals surface area contributed by atoms with Gasteiger partial charge in [0, 0.05) is 12.0 Å². The maximum Gasteiger partial charge on any atom is 0.400 e. The average Bonchev–Trinajstić information content (AvgIpc) is 2.75. The number of rotatable bonds is 1. The van der Waals surface area contributed by atoms with E-state index < -0.39 is 42.7 Å². The Morgan fingerprint density at radius 2 is 1.77 bits per heavy atom. The molecule has 1 aromatic carbocycles. The van der Waals surface area contributed by atoms with Gasteiger partial charge in [0.15, 0.2) is 0 Å². The van der Waals surface area contributed by atoms with Gasteiger partial charge in [-0.15, -0.1) is 0 Å². The molecule has 0 spiro atoms. The van der Waals surface area contributed by atoms with Gasteiger partial charge >= 0.3 is 6.18 Å². The van der Waals surface area contributed by atoms with Crippen LogP contribution in [0.15, 0.2) is 24.3 Å². The summed E-state index contributed by atoms with van der Waals surface area (Å²) in [7, 11) is 0. The van der Waals surface area contributed by atoms with Gasteiger partial charge < -0.3 is 0 Å². The molecular formula is C14H11F3N2O3. The lowest BCUT2D eigenvalue weighted by Crippen LogP contribution is -2.57. The highest BCUT2D eigenvalue weighted by Gasteiger charge is 2.53. The van der Waals surface area contributed by atoms with E-state index in [9.17, 15) is 27.6 Å². The second kappa shape index (κ2) is 4.82. The standard InChI is InChI=1S/C14H11F3N2O3/c15-14(16,17)10-5-6-11(20)19(13(10)22)18-7-8-3-1-2-4-9(8)12(18)21/h1-4,10H,5-7H2. The van der Waals surface area contributed by atoms with Crippen LogP contribution >= 0.6 is 0 Å². The number of hydrogen-bond donors (Lipinski definition) is 0.